The molecule has 0 aromatic heterocycles. The molecule has 4 nitrogen and oxygen atoms in total. The molecule has 1 rings (SSSR count). The van der Waals surface area contributed by atoms with Crippen LogP contribution in [-0.4, -0.2) is 11.5 Å². The maximum Gasteiger partial charge on any atom is 0.271 e. The van der Waals surface area contributed by atoms with Gasteiger partial charge in [0.2, 0.25) is 0 Å². The molecule has 0 aliphatic carbocycles. The van der Waals surface area contributed by atoms with Crippen LogP contribution in [0.5, 0.6) is 0 Å². The van der Waals surface area contributed by atoms with Crippen LogP contribution >= 0.6 is 0 Å². The van der Waals surface area contributed by atoms with Crippen LogP contribution < -0.4 is 5.32 Å². The number of hydrogen-bond acceptors (Lipinski definition) is 3. The third-order valence-electron chi connectivity index (χ3n) is 1.43. The van der Waals surface area contributed by atoms with E-state index in [1.165, 1.54) is 18.2 Å². The SMILES string of the molecule is C=CCNc1[c]ccc([N+](=O)[O-])c1. The Morgan fingerprint density at radius 3 is 3.15 bits per heavy atom. The minimum atomic E-state index is -0.438. The molecule has 0 atom stereocenters. The van der Waals surface area contributed by atoms with E-state index in [-0.39, 0.29) is 5.69 Å². The fourth-order valence-electron chi connectivity index (χ4n) is 0.852. The van der Waals surface area contributed by atoms with Gasteiger partial charge in [-0.05, 0) is 6.07 Å². The number of rotatable bonds is 4. The third-order valence-corrected chi connectivity index (χ3v) is 1.43. The molecule has 0 amide bonds. The van der Waals surface area contributed by atoms with E-state index in [4.69, 9.17) is 0 Å². The zero-order valence-electron chi connectivity index (χ0n) is 6.99. The van der Waals surface area contributed by atoms with Gasteiger partial charge in [-0.3, -0.25) is 10.1 Å². The molecule has 13 heavy (non-hydrogen) atoms. The predicted octanol–water partition coefficient (Wildman–Crippen LogP) is 1.99. The Hall–Kier alpha value is -1.84. The number of nitro groups is 1. The summed E-state index contributed by atoms with van der Waals surface area (Å²) in [5, 5.41) is 13.3. The topological polar surface area (TPSA) is 55.2 Å². The van der Waals surface area contributed by atoms with E-state index in [2.05, 4.69) is 18.0 Å². The highest BCUT2D eigenvalue weighted by Gasteiger charge is 2.04. The molecule has 0 spiro atoms. The molecule has 0 aliphatic heterocycles. The van der Waals surface area contributed by atoms with Crippen molar-refractivity contribution in [2.24, 2.45) is 0 Å². The van der Waals surface area contributed by atoms with Crippen molar-refractivity contribution in [1.29, 1.82) is 0 Å². The summed E-state index contributed by atoms with van der Waals surface area (Å²) in [6, 6.07) is 7.19. The van der Waals surface area contributed by atoms with Crippen LogP contribution in [0.3, 0.4) is 0 Å². The summed E-state index contributed by atoms with van der Waals surface area (Å²) in [6.45, 7) is 4.09. The average Bonchev–Trinajstić information content (AvgIpc) is 2.15. The van der Waals surface area contributed by atoms with E-state index >= 15 is 0 Å². The van der Waals surface area contributed by atoms with Gasteiger partial charge in [0.1, 0.15) is 0 Å². The zero-order valence-corrected chi connectivity index (χ0v) is 6.99. The van der Waals surface area contributed by atoms with Crippen molar-refractivity contribution < 1.29 is 4.92 Å². The van der Waals surface area contributed by atoms with Gasteiger partial charge in [0.05, 0.1) is 4.92 Å². The first kappa shape index (κ1) is 9.25. The van der Waals surface area contributed by atoms with E-state index in [0.29, 0.717) is 12.2 Å². The van der Waals surface area contributed by atoms with Gasteiger partial charge in [-0.15, -0.1) is 6.58 Å². The van der Waals surface area contributed by atoms with Gasteiger partial charge in [0, 0.05) is 30.4 Å². The highest BCUT2D eigenvalue weighted by molar-refractivity contribution is 5.50. The number of benzene rings is 1. The van der Waals surface area contributed by atoms with Gasteiger partial charge in [-0.25, -0.2) is 0 Å². The first-order valence-electron chi connectivity index (χ1n) is 3.75. The molecule has 0 aliphatic rings. The standard InChI is InChI=1S/C9H9N2O2/c1-2-6-10-8-4-3-5-9(7-8)11(12)13/h2-3,5,7,10H,1,6H2. The van der Waals surface area contributed by atoms with Gasteiger partial charge in [0.25, 0.3) is 5.69 Å². The Kier molecular flexibility index (Phi) is 3.03. The fraction of sp³-hybridized carbons (Fsp3) is 0.111. The Labute approximate surface area is 76.0 Å². The molecule has 0 bridgehead atoms. The van der Waals surface area contributed by atoms with Crippen LogP contribution in [0.1, 0.15) is 0 Å². The molecule has 0 saturated carbocycles. The summed E-state index contributed by atoms with van der Waals surface area (Å²) in [5.41, 5.74) is 0.666. The molecule has 1 N–H and O–H groups in total. The minimum absolute atomic E-state index is 0.0605. The summed E-state index contributed by atoms with van der Waals surface area (Å²) in [6.07, 6.45) is 1.67. The first-order chi connectivity index (χ1) is 6.24. The molecule has 1 radical (unpaired) electrons. The number of anilines is 1. The summed E-state index contributed by atoms with van der Waals surface area (Å²) >= 11 is 0. The van der Waals surface area contributed by atoms with E-state index < -0.39 is 4.92 Å². The Bertz CT molecular complexity index is 323. The molecule has 67 valence electrons. The average molecular weight is 177 g/mol. The van der Waals surface area contributed by atoms with E-state index in [9.17, 15) is 10.1 Å². The lowest BCUT2D eigenvalue weighted by molar-refractivity contribution is -0.384. The fourth-order valence-corrected chi connectivity index (χ4v) is 0.852. The second-order valence-electron chi connectivity index (χ2n) is 2.39. The second-order valence-corrected chi connectivity index (χ2v) is 2.39. The molecule has 0 unspecified atom stereocenters. The van der Waals surface area contributed by atoms with Crippen molar-refractivity contribution in [3.8, 4) is 0 Å². The number of nitrogens with zero attached hydrogens (tertiary/aromatic N) is 1. The predicted molar refractivity (Wildman–Crippen MR) is 50.6 cm³/mol. The van der Waals surface area contributed by atoms with Crippen molar-refractivity contribution in [2.75, 3.05) is 11.9 Å². The lowest BCUT2D eigenvalue weighted by Gasteiger charge is -2.00. The van der Waals surface area contributed by atoms with Gasteiger partial charge >= 0.3 is 0 Å². The quantitative estimate of drug-likeness (QED) is 0.434. The van der Waals surface area contributed by atoms with Gasteiger partial charge in [-0.1, -0.05) is 6.08 Å². The van der Waals surface area contributed by atoms with E-state index in [1.54, 1.807) is 6.08 Å². The smallest absolute Gasteiger partial charge is 0.271 e. The van der Waals surface area contributed by atoms with Crippen molar-refractivity contribution in [3.63, 3.8) is 0 Å². The molecule has 0 heterocycles. The highest BCUT2D eigenvalue weighted by atomic mass is 16.6. The first-order valence-corrected chi connectivity index (χ1v) is 3.75. The summed E-state index contributed by atoms with van der Waals surface area (Å²) < 4.78 is 0. The van der Waals surface area contributed by atoms with Crippen LogP contribution in [0.4, 0.5) is 11.4 Å². The Morgan fingerprint density at radius 1 is 1.77 bits per heavy atom. The summed E-state index contributed by atoms with van der Waals surface area (Å²) in [7, 11) is 0. The Balaban J connectivity index is 2.79. The highest BCUT2D eigenvalue weighted by Crippen LogP contribution is 2.15. The van der Waals surface area contributed by atoms with Gasteiger partial charge < -0.3 is 5.32 Å². The minimum Gasteiger partial charge on any atom is -0.381 e. The van der Waals surface area contributed by atoms with Crippen molar-refractivity contribution in [2.45, 2.75) is 0 Å². The lowest BCUT2D eigenvalue weighted by atomic mass is 10.3. The number of nitro benzene ring substituents is 1. The zero-order chi connectivity index (χ0) is 9.68. The number of non-ortho nitro benzene ring substituents is 1. The van der Waals surface area contributed by atoms with Crippen LogP contribution in [0.25, 0.3) is 0 Å². The molecular formula is C9H9N2O2. The second kappa shape index (κ2) is 4.25. The van der Waals surface area contributed by atoms with E-state index in [1.807, 2.05) is 0 Å². The molecule has 0 saturated heterocycles. The van der Waals surface area contributed by atoms with Crippen molar-refractivity contribution in [3.05, 3.63) is 47.0 Å². The van der Waals surface area contributed by atoms with Crippen LogP contribution in [0.2, 0.25) is 0 Å². The molecular weight excluding hydrogens is 168 g/mol. The molecule has 1 aromatic carbocycles. The van der Waals surface area contributed by atoms with Crippen LogP contribution in [-0.2, 0) is 0 Å². The summed E-state index contributed by atoms with van der Waals surface area (Å²) in [4.78, 5) is 9.93. The monoisotopic (exact) mass is 177 g/mol. The van der Waals surface area contributed by atoms with Crippen molar-refractivity contribution >= 4 is 11.4 Å². The molecule has 4 heteroatoms. The number of nitrogens with one attached hydrogen (secondary N) is 1. The van der Waals surface area contributed by atoms with Crippen molar-refractivity contribution in [1.82, 2.24) is 0 Å². The molecule has 0 fully saturated rings. The molecule has 1 aromatic rings. The maximum atomic E-state index is 10.4. The van der Waals surface area contributed by atoms with Crippen LogP contribution in [0, 0.1) is 16.2 Å². The van der Waals surface area contributed by atoms with E-state index in [0.717, 1.165) is 0 Å². The maximum absolute atomic E-state index is 10.4. The normalized spacial score (nSPS) is 9.23. The largest absolute Gasteiger partial charge is 0.381 e. The summed E-state index contributed by atoms with van der Waals surface area (Å²) in [5.74, 6) is 0. The van der Waals surface area contributed by atoms with Gasteiger partial charge in [0.15, 0.2) is 0 Å². The van der Waals surface area contributed by atoms with Gasteiger partial charge in [-0.2, -0.15) is 0 Å². The third kappa shape index (κ3) is 2.59. The number of hydrogen-bond donors (Lipinski definition) is 1. The van der Waals surface area contributed by atoms with Crippen LogP contribution in [0.15, 0.2) is 30.9 Å². The lowest BCUT2D eigenvalue weighted by Crippen LogP contribution is -1.98. The Morgan fingerprint density at radius 2 is 2.54 bits per heavy atom.